The van der Waals surface area contributed by atoms with E-state index in [1.54, 1.807) is 6.26 Å². The first-order valence-corrected chi connectivity index (χ1v) is 8.74. The summed E-state index contributed by atoms with van der Waals surface area (Å²) >= 11 is 0. The molecule has 0 saturated carbocycles. The average molecular weight is 331 g/mol. The van der Waals surface area contributed by atoms with Gasteiger partial charge in [0.15, 0.2) is 5.82 Å². The Labute approximate surface area is 142 Å². The van der Waals surface area contributed by atoms with Crippen molar-refractivity contribution in [2.75, 3.05) is 0 Å². The minimum absolute atomic E-state index is 0.128. The third-order valence-corrected chi connectivity index (χ3v) is 4.83. The zero-order valence-electron chi connectivity index (χ0n) is 14.4. The maximum Gasteiger partial charge on any atom is 0.223 e. The van der Waals surface area contributed by atoms with Crippen LogP contribution in [0.25, 0.3) is 0 Å². The summed E-state index contributed by atoms with van der Waals surface area (Å²) < 4.78 is 7.32. The van der Waals surface area contributed by atoms with Crippen molar-refractivity contribution in [2.24, 2.45) is 0 Å². The number of hydrogen-bond acceptors (Lipinski definition) is 5. The number of carbonyl (C=O) groups is 1. The fraction of sp³-hybridized carbons (Fsp3) is 0.647. The molecule has 24 heavy (non-hydrogen) atoms. The van der Waals surface area contributed by atoms with E-state index >= 15 is 0 Å². The van der Waals surface area contributed by atoms with Crippen LogP contribution in [-0.2, 0) is 23.4 Å². The Morgan fingerprint density at radius 2 is 2.25 bits per heavy atom. The summed E-state index contributed by atoms with van der Waals surface area (Å²) in [5, 5.41) is 12.3. The molecule has 1 saturated heterocycles. The molecular weight excluding hydrogens is 306 g/mol. The van der Waals surface area contributed by atoms with Gasteiger partial charge in [-0.25, -0.2) is 4.68 Å². The number of furan rings is 1. The number of unbranched alkanes of at least 4 members (excludes halogenated alkanes) is 2. The lowest BCUT2D eigenvalue weighted by molar-refractivity contribution is -0.144. The highest BCUT2D eigenvalue weighted by Gasteiger charge is 2.44. The Hall–Kier alpha value is -2.18. The Morgan fingerprint density at radius 1 is 1.38 bits per heavy atom. The number of rotatable bonds is 7. The van der Waals surface area contributed by atoms with Crippen LogP contribution in [0.3, 0.4) is 0 Å². The first-order valence-electron chi connectivity index (χ1n) is 8.74. The van der Waals surface area contributed by atoms with E-state index in [9.17, 15) is 4.79 Å². The number of amides is 1. The van der Waals surface area contributed by atoms with Gasteiger partial charge in [-0.2, -0.15) is 0 Å². The van der Waals surface area contributed by atoms with Gasteiger partial charge in [0.1, 0.15) is 11.3 Å². The van der Waals surface area contributed by atoms with Crippen molar-refractivity contribution in [3.63, 3.8) is 0 Å². The van der Waals surface area contributed by atoms with Crippen LogP contribution < -0.4 is 0 Å². The summed E-state index contributed by atoms with van der Waals surface area (Å²) in [4.78, 5) is 14.5. The van der Waals surface area contributed by atoms with E-state index in [0.717, 1.165) is 50.2 Å². The Balaban J connectivity index is 1.87. The van der Waals surface area contributed by atoms with Crippen molar-refractivity contribution in [1.82, 2.24) is 25.1 Å². The largest absolute Gasteiger partial charge is 0.467 e. The highest BCUT2D eigenvalue weighted by Crippen LogP contribution is 2.37. The normalized spacial score (nSPS) is 21.4. The lowest BCUT2D eigenvalue weighted by atomic mass is 9.87. The monoisotopic (exact) mass is 331 g/mol. The number of aryl methyl sites for hydroxylation is 1. The molecule has 0 radical (unpaired) electrons. The van der Waals surface area contributed by atoms with Crippen molar-refractivity contribution in [3.8, 4) is 0 Å². The maximum atomic E-state index is 12.6. The molecule has 130 valence electrons. The lowest BCUT2D eigenvalue weighted by Gasteiger charge is -2.43. The number of tetrazole rings is 1. The molecule has 1 atom stereocenters. The van der Waals surface area contributed by atoms with Gasteiger partial charge < -0.3 is 9.32 Å². The van der Waals surface area contributed by atoms with Crippen molar-refractivity contribution in [1.29, 1.82) is 0 Å². The second kappa shape index (κ2) is 7.15. The van der Waals surface area contributed by atoms with Crippen LogP contribution in [-0.4, -0.2) is 31.0 Å². The second-order valence-electron chi connectivity index (χ2n) is 6.62. The van der Waals surface area contributed by atoms with Gasteiger partial charge in [0.25, 0.3) is 0 Å². The minimum atomic E-state index is -0.502. The standard InChI is InChI=1S/C17H25N5O2/c1-3-4-5-11-22-16(18-19-20-22)17(2)10-6-9-15(23)21(17)13-14-8-7-12-24-14/h7-8,12H,3-6,9-11,13H2,1-2H3. The predicted molar refractivity (Wildman–Crippen MR) is 87.8 cm³/mol. The van der Waals surface area contributed by atoms with Crippen LogP contribution in [0.1, 0.15) is 64.0 Å². The van der Waals surface area contributed by atoms with Gasteiger partial charge in [0.2, 0.25) is 5.91 Å². The van der Waals surface area contributed by atoms with Crippen molar-refractivity contribution in [2.45, 2.75) is 71.0 Å². The fourth-order valence-corrected chi connectivity index (χ4v) is 3.44. The SMILES string of the molecule is CCCCCn1nnnc1C1(C)CCCC(=O)N1Cc1ccco1. The van der Waals surface area contributed by atoms with Gasteiger partial charge in [-0.3, -0.25) is 4.79 Å². The van der Waals surface area contributed by atoms with E-state index in [1.807, 2.05) is 21.7 Å². The zero-order valence-corrected chi connectivity index (χ0v) is 14.4. The van der Waals surface area contributed by atoms with Crippen LogP contribution in [0.15, 0.2) is 22.8 Å². The van der Waals surface area contributed by atoms with Crippen molar-refractivity contribution in [3.05, 3.63) is 30.0 Å². The molecular formula is C17H25N5O2. The molecule has 1 aliphatic heterocycles. The van der Waals surface area contributed by atoms with Gasteiger partial charge in [-0.1, -0.05) is 19.8 Å². The molecule has 2 aromatic rings. The highest BCUT2D eigenvalue weighted by molar-refractivity contribution is 5.78. The zero-order chi connectivity index (χ0) is 17.0. The summed E-state index contributed by atoms with van der Waals surface area (Å²) in [6, 6.07) is 3.74. The van der Waals surface area contributed by atoms with E-state index in [0.29, 0.717) is 13.0 Å². The van der Waals surface area contributed by atoms with E-state index in [1.165, 1.54) is 0 Å². The Kier molecular flexibility index (Phi) is 4.97. The number of piperidine rings is 1. The molecule has 2 aromatic heterocycles. The molecule has 1 aliphatic rings. The highest BCUT2D eigenvalue weighted by atomic mass is 16.3. The molecule has 0 N–H and O–H groups in total. The Bertz CT molecular complexity index is 666. The van der Waals surface area contributed by atoms with E-state index < -0.39 is 5.54 Å². The van der Waals surface area contributed by atoms with Gasteiger partial charge in [-0.05, 0) is 48.7 Å². The van der Waals surface area contributed by atoms with Crippen molar-refractivity contribution < 1.29 is 9.21 Å². The van der Waals surface area contributed by atoms with E-state index in [4.69, 9.17) is 4.42 Å². The van der Waals surface area contributed by atoms with Crippen molar-refractivity contribution >= 4 is 5.91 Å². The number of nitrogens with zero attached hydrogens (tertiary/aromatic N) is 5. The first-order chi connectivity index (χ1) is 11.6. The summed E-state index contributed by atoms with van der Waals surface area (Å²) in [7, 11) is 0. The van der Waals surface area contributed by atoms with E-state index in [2.05, 4.69) is 29.4 Å². The molecule has 3 rings (SSSR count). The quantitative estimate of drug-likeness (QED) is 0.729. The number of hydrogen-bond donors (Lipinski definition) is 0. The van der Waals surface area contributed by atoms with Crippen LogP contribution in [0.5, 0.6) is 0 Å². The van der Waals surface area contributed by atoms with Gasteiger partial charge >= 0.3 is 0 Å². The molecule has 1 amide bonds. The second-order valence-corrected chi connectivity index (χ2v) is 6.62. The third kappa shape index (κ3) is 3.20. The third-order valence-electron chi connectivity index (χ3n) is 4.83. The number of aromatic nitrogens is 4. The van der Waals surface area contributed by atoms with Crippen LogP contribution in [0.4, 0.5) is 0 Å². The summed E-state index contributed by atoms with van der Waals surface area (Å²) in [6.45, 7) is 5.47. The lowest BCUT2D eigenvalue weighted by Crippen LogP contribution is -2.51. The van der Waals surface area contributed by atoms with Crippen LogP contribution in [0.2, 0.25) is 0 Å². The van der Waals surface area contributed by atoms with Gasteiger partial charge in [0, 0.05) is 13.0 Å². The molecule has 1 unspecified atom stereocenters. The average Bonchev–Trinajstić information content (AvgIpc) is 3.23. The summed E-state index contributed by atoms with van der Waals surface area (Å²) in [6.07, 6.45) is 7.24. The number of likely N-dealkylation sites (tertiary alicyclic amines) is 1. The van der Waals surface area contributed by atoms with Gasteiger partial charge in [-0.15, -0.1) is 5.10 Å². The van der Waals surface area contributed by atoms with E-state index in [-0.39, 0.29) is 5.91 Å². The Morgan fingerprint density at radius 3 is 3.00 bits per heavy atom. The fourth-order valence-electron chi connectivity index (χ4n) is 3.44. The molecule has 7 nitrogen and oxygen atoms in total. The van der Waals surface area contributed by atoms with Crippen LogP contribution >= 0.6 is 0 Å². The molecule has 0 aliphatic carbocycles. The van der Waals surface area contributed by atoms with Gasteiger partial charge in [0.05, 0.1) is 12.8 Å². The molecule has 3 heterocycles. The van der Waals surface area contributed by atoms with Crippen LogP contribution in [0, 0.1) is 0 Å². The molecule has 7 heteroatoms. The minimum Gasteiger partial charge on any atom is -0.467 e. The first kappa shape index (κ1) is 16.7. The topological polar surface area (TPSA) is 77.1 Å². The molecule has 0 aromatic carbocycles. The molecule has 0 bridgehead atoms. The molecule has 0 spiro atoms. The molecule has 1 fully saturated rings. The predicted octanol–water partition coefficient (Wildman–Crippen LogP) is 2.88. The maximum absolute atomic E-state index is 12.6. The smallest absolute Gasteiger partial charge is 0.223 e. The number of carbonyl (C=O) groups excluding carboxylic acids is 1. The summed E-state index contributed by atoms with van der Waals surface area (Å²) in [5.74, 6) is 1.68. The summed E-state index contributed by atoms with van der Waals surface area (Å²) in [5.41, 5.74) is -0.502.